The smallest absolute Gasteiger partial charge is 0.210 e. The lowest BCUT2D eigenvalue weighted by atomic mass is 10.2. The van der Waals surface area contributed by atoms with Crippen molar-refractivity contribution in [3.8, 4) is 0 Å². The fourth-order valence-electron chi connectivity index (χ4n) is 1.19. The number of likely N-dealkylation sites (tertiary alicyclic amines) is 1. The standard InChI is InChI=1S/C6H11NO2/c8-4-6-2-1-3-7(6)5-9/h5-6,8H,1-4H2/t6-/m0/s1. The predicted octanol–water partition coefficient (Wildman–Crippen LogP) is -0.401. The first kappa shape index (κ1) is 6.55. The van der Waals surface area contributed by atoms with Crippen LogP contribution in [0.5, 0.6) is 0 Å². The minimum absolute atomic E-state index is 0.0995. The maximum absolute atomic E-state index is 10.2. The molecule has 1 rings (SSSR count). The summed E-state index contributed by atoms with van der Waals surface area (Å²) < 4.78 is 0. The second kappa shape index (κ2) is 2.82. The van der Waals surface area contributed by atoms with Crippen LogP contribution in [-0.4, -0.2) is 35.6 Å². The van der Waals surface area contributed by atoms with Gasteiger partial charge in [0.05, 0.1) is 12.6 Å². The molecule has 52 valence electrons. The van der Waals surface area contributed by atoms with Crippen molar-refractivity contribution < 1.29 is 9.90 Å². The van der Waals surface area contributed by atoms with E-state index in [-0.39, 0.29) is 12.6 Å². The normalized spacial score (nSPS) is 26.8. The molecule has 0 bridgehead atoms. The highest BCUT2D eigenvalue weighted by Crippen LogP contribution is 2.13. The Kier molecular flexibility index (Phi) is 2.05. The van der Waals surface area contributed by atoms with Crippen molar-refractivity contribution in [3.63, 3.8) is 0 Å². The first-order valence-electron chi connectivity index (χ1n) is 3.20. The number of hydrogen-bond acceptors (Lipinski definition) is 2. The van der Waals surface area contributed by atoms with Crippen LogP contribution in [0.4, 0.5) is 0 Å². The van der Waals surface area contributed by atoms with E-state index in [0.29, 0.717) is 0 Å². The molecule has 0 saturated carbocycles. The van der Waals surface area contributed by atoms with E-state index in [0.717, 1.165) is 25.8 Å². The zero-order valence-electron chi connectivity index (χ0n) is 5.29. The largest absolute Gasteiger partial charge is 0.394 e. The van der Waals surface area contributed by atoms with Crippen LogP contribution in [-0.2, 0) is 4.79 Å². The highest BCUT2D eigenvalue weighted by atomic mass is 16.3. The van der Waals surface area contributed by atoms with Crippen LogP contribution in [0.25, 0.3) is 0 Å². The lowest BCUT2D eigenvalue weighted by Gasteiger charge is -2.16. The Morgan fingerprint density at radius 2 is 2.56 bits per heavy atom. The van der Waals surface area contributed by atoms with Crippen LogP contribution in [0.2, 0.25) is 0 Å². The molecule has 1 N–H and O–H groups in total. The van der Waals surface area contributed by atoms with Crippen molar-refractivity contribution in [2.24, 2.45) is 0 Å². The Morgan fingerprint density at radius 3 is 3.00 bits per heavy atom. The van der Waals surface area contributed by atoms with Crippen molar-refractivity contribution in [2.45, 2.75) is 18.9 Å². The Balaban J connectivity index is 2.41. The molecule has 0 aliphatic carbocycles. The fourth-order valence-corrected chi connectivity index (χ4v) is 1.19. The molecule has 3 nitrogen and oxygen atoms in total. The quantitative estimate of drug-likeness (QED) is 0.515. The third kappa shape index (κ3) is 1.21. The Hall–Kier alpha value is -0.570. The first-order valence-corrected chi connectivity index (χ1v) is 3.20. The minimum Gasteiger partial charge on any atom is -0.394 e. The Bertz CT molecular complexity index is 105. The van der Waals surface area contributed by atoms with Gasteiger partial charge in [0.2, 0.25) is 6.41 Å². The van der Waals surface area contributed by atoms with E-state index in [1.807, 2.05) is 0 Å². The van der Waals surface area contributed by atoms with Gasteiger partial charge in [-0.15, -0.1) is 0 Å². The zero-order valence-corrected chi connectivity index (χ0v) is 5.29. The monoisotopic (exact) mass is 129 g/mol. The minimum atomic E-state index is 0.0995. The van der Waals surface area contributed by atoms with Gasteiger partial charge in [0.15, 0.2) is 0 Å². The van der Waals surface area contributed by atoms with E-state index >= 15 is 0 Å². The molecule has 0 aromatic heterocycles. The van der Waals surface area contributed by atoms with Crippen LogP contribution in [0.3, 0.4) is 0 Å². The summed E-state index contributed by atoms with van der Waals surface area (Å²) in [6.07, 6.45) is 2.80. The Morgan fingerprint density at radius 1 is 1.78 bits per heavy atom. The number of aliphatic hydroxyl groups excluding tert-OH is 1. The summed E-state index contributed by atoms with van der Waals surface area (Å²) >= 11 is 0. The van der Waals surface area contributed by atoms with Crippen LogP contribution in [0, 0.1) is 0 Å². The van der Waals surface area contributed by atoms with E-state index in [1.165, 1.54) is 0 Å². The topological polar surface area (TPSA) is 40.5 Å². The van der Waals surface area contributed by atoms with Gasteiger partial charge in [-0.25, -0.2) is 0 Å². The van der Waals surface area contributed by atoms with Crippen molar-refractivity contribution in [3.05, 3.63) is 0 Å². The van der Waals surface area contributed by atoms with Gasteiger partial charge in [-0.05, 0) is 12.8 Å². The van der Waals surface area contributed by atoms with Crippen LogP contribution in [0.15, 0.2) is 0 Å². The van der Waals surface area contributed by atoms with Crippen molar-refractivity contribution in [2.75, 3.05) is 13.2 Å². The molecular formula is C6H11NO2. The molecule has 1 heterocycles. The Labute approximate surface area is 54.3 Å². The number of rotatable bonds is 2. The summed E-state index contributed by atoms with van der Waals surface area (Å²) in [7, 11) is 0. The van der Waals surface area contributed by atoms with Gasteiger partial charge in [0.25, 0.3) is 0 Å². The maximum atomic E-state index is 10.2. The lowest BCUT2D eigenvalue weighted by molar-refractivity contribution is -0.119. The number of hydrogen-bond donors (Lipinski definition) is 1. The summed E-state index contributed by atoms with van der Waals surface area (Å²) in [5.74, 6) is 0. The molecular weight excluding hydrogens is 118 g/mol. The van der Waals surface area contributed by atoms with E-state index in [1.54, 1.807) is 4.90 Å². The molecule has 0 aromatic carbocycles. The van der Waals surface area contributed by atoms with Gasteiger partial charge < -0.3 is 10.0 Å². The SMILES string of the molecule is O=CN1CCC[C@H]1CO. The average Bonchev–Trinajstić information content (AvgIpc) is 2.33. The molecule has 0 unspecified atom stereocenters. The summed E-state index contributed by atoms with van der Waals surface area (Å²) in [4.78, 5) is 11.8. The zero-order chi connectivity index (χ0) is 6.69. The molecule has 1 saturated heterocycles. The number of carbonyl (C=O) groups is 1. The predicted molar refractivity (Wildman–Crippen MR) is 32.9 cm³/mol. The van der Waals surface area contributed by atoms with Crippen LogP contribution < -0.4 is 0 Å². The van der Waals surface area contributed by atoms with Crippen molar-refractivity contribution >= 4 is 6.41 Å². The summed E-state index contributed by atoms with van der Waals surface area (Å²) in [6, 6.07) is 0.0995. The first-order chi connectivity index (χ1) is 4.38. The average molecular weight is 129 g/mol. The molecule has 1 aliphatic heterocycles. The van der Waals surface area contributed by atoms with Crippen molar-refractivity contribution in [1.82, 2.24) is 4.90 Å². The third-order valence-corrected chi connectivity index (χ3v) is 1.77. The second-order valence-electron chi connectivity index (χ2n) is 2.32. The highest BCUT2D eigenvalue weighted by Gasteiger charge is 2.21. The summed E-state index contributed by atoms with van der Waals surface area (Å²) in [5.41, 5.74) is 0. The van der Waals surface area contributed by atoms with Crippen LogP contribution >= 0.6 is 0 Å². The highest BCUT2D eigenvalue weighted by molar-refractivity contribution is 5.48. The van der Waals surface area contributed by atoms with E-state index in [4.69, 9.17) is 5.11 Å². The molecule has 1 aliphatic rings. The summed E-state index contributed by atoms with van der Waals surface area (Å²) in [5, 5.41) is 8.67. The molecule has 3 heteroatoms. The fraction of sp³-hybridized carbons (Fsp3) is 0.833. The number of amides is 1. The van der Waals surface area contributed by atoms with Crippen molar-refractivity contribution in [1.29, 1.82) is 0 Å². The molecule has 0 aromatic rings. The van der Waals surface area contributed by atoms with E-state index in [2.05, 4.69) is 0 Å². The van der Waals surface area contributed by atoms with E-state index in [9.17, 15) is 4.79 Å². The molecule has 1 amide bonds. The molecule has 1 atom stereocenters. The molecule has 0 spiro atoms. The van der Waals surface area contributed by atoms with E-state index < -0.39 is 0 Å². The van der Waals surface area contributed by atoms with Crippen LogP contribution in [0.1, 0.15) is 12.8 Å². The third-order valence-electron chi connectivity index (χ3n) is 1.77. The molecule has 0 radical (unpaired) electrons. The van der Waals surface area contributed by atoms with Gasteiger partial charge in [0.1, 0.15) is 0 Å². The lowest BCUT2D eigenvalue weighted by Crippen LogP contribution is -2.30. The number of nitrogens with zero attached hydrogens (tertiary/aromatic N) is 1. The number of aliphatic hydroxyl groups is 1. The van der Waals surface area contributed by atoms with Gasteiger partial charge in [-0.2, -0.15) is 0 Å². The van der Waals surface area contributed by atoms with Gasteiger partial charge in [0, 0.05) is 6.54 Å². The van der Waals surface area contributed by atoms with Gasteiger partial charge >= 0.3 is 0 Å². The maximum Gasteiger partial charge on any atom is 0.210 e. The summed E-state index contributed by atoms with van der Waals surface area (Å²) in [6.45, 7) is 0.924. The molecule has 1 fully saturated rings. The molecule has 9 heavy (non-hydrogen) atoms. The van der Waals surface area contributed by atoms with Gasteiger partial charge in [-0.3, -0.25) is 4.79 Å². The number of carbonyl (C=O) groups excluding carboxylic acids is 1. The second-order valence-corrected chi connectivity index (χ2v) is 2.32. The van der Waals surface area contributed by atoms with Gasteiger partial charge in [-0.1, -0.05) is 0 Å².